The Morgan fingerprint density at radius 2 is 1.81 bits per heavy atom. The van der Waals surface area contributed by atoms with Crippen molar-refractivity contribution >= 4 is 31.2 Å². The van der Waals surface area contributed by atoms with E-state index in [4.69, 9.17) is 23.1 Å². The van der Waals surface area contributed by atoms with Crippen molar-refractivity contribution in [2.75, 3.05) is 20.8 Å². The number of aromatic nitrogens is 2. The molecule has 10 heteroatoms. The van der Waals surface area contributed by atoms with E-state index >= 15 is 0 Å². The molecule has 0 spiro atoms. The SMILES string of the molecule is COc1ncc(C2=C(OC(C)=O)[C@@H]3O[Si](C(C)(C)C)(C(C)(C)C)OC[C@H]3S2)c(OC)n1. The van der Waals surface area contributed by atoms with Crippen LogP contribution in [0.5, 0.6) is 11.9 Å². The van der Waals surface area contributed by atoms with E-state index in [1.807, 2.05) is 0 Å². The summed E-state index contributed by atoms with van der Waals surface area (Å²) in [4.78, 5) is 21.3. The summed E-state index contributed by atoms with van der Waals surface area (Å²) in [5.41, 5.74) is 0.626. The van der Waals surface area contributed by atoms with Crippen molar-refractivity contribution in [1.82, 2.24) is 9.97 Å². The standard InChI is InChI=1S/C21H32N2O6SSi/c1-12(24)28-16-15-14(11-27-31(29-15,20(2,3)4)21(5,6)7)30-17(16)13-10-22-19(26-9)23-18(13)25-8/h10,14-15H,11H2,1-9H3/t14-,15-/m1/s1. The lowest BCUT2D eigenvalue weighted by molar-refractivity contribution is -0.138. The van der Waals surface area contributed by atoms with Crippen LogP contribution in [0.2, 0.25) is 10.1 Å². The zero-order valence-electron chi connectivity index (χ0n) is 19.7. The van der Waals surface area contributed by atoms with Gasteiger partial charge in [-0.2, -0.15) is 4.98 Å². The summed E-state index contributed by atoms with van der Waals surface area (Å²) in [6.07, 6.45) is 1.21. The lowest BCUT2D eigenvalue weighted by Crippen LogP contribution is -2.64. The van der Waals surface area contributed by atoms with E-state index in [0.717, 1.165) is 4.91 Å². The first-order chi connectivity index (χ1) is 14.3. The highest BCUT2D eigenvalue weighted by atomic mass is 32.2. The predicted molar refractivity (Wildman–Crippen MR) is 121 cm³/mol. The number of hydrogen-bond donors (Lipinski definition) is 0. The van der Waals surface area contributed by atoms with Gasteiger partial charge in [-0.25, -0.2) is 4.98 Å². The number of rotatable bonds is 4. The van der Waals surface area contributed by atoms with Crippen LogP contribution in [0.1, 0.15) is 54.0 Å². The van der Waals surface area contributed by atoms with Gasteiger partial charge in [0.15, 0.2) is 5.76 Å². The quantitative estimate of drug-likeness (QED) is 0.474. The average Bonchev–Trinajstić information content (AvgIpc) is 3.02. The van der Waals surface area contributed by atoms with Crippen LogP contribution in [0.15, 0.2) is 12.0 Å². The number of carbonyl (C=O) groups is 1. The second-order valence-electron chi connectivity index (χ2n) is 9.69. The molecule has 3 rings (SSSR count). The highest BCUT2D eigenvalue weighted by molar-refractivity contribution is 8.09. The van der Waals surface area contributed by atoms with Crippen LogP contribution in [0.25, 0.3) is 4.91 Å². The molecular formula is C21H32N2O6SSi. The smallest absolute Gasteiger partial charge is 0.349 e. The molecule has 1 aromatic rings. The first-order valence-electron chi connectivity index (χ1n) is 10.2. The summed E-state index contributed by atoms with van der Waals surface area (Å²) in [6, 6.07) is 0.196. The normalized spacial score (nSPS) is 23.4. The van der Waals surface area contributed by atoms with E-state index in [9.17, 15) is 4.79 Å². The molecule has 0 amide bonds. The van der Waals surface area contributed by atoms with Gasteiger partial charge in [-0.1, -0.05) is 41.5 Å². The molecular weight excluding hydrogens is 436 g/mol. The van der Waals surface area contributed by atoms with Crippen LogP contribution in [-0.4, -0.2) is 56.7 Å². The van der Waals surface area contributed by atoms with Crippen LogP contribution in [-0.2, 0) is 18.4 Å². The molecule has 8 nitrogen and oxygen atoms in total. The maximum Gasteiger partial charge on any atom is 0.349 e. The Morgan fingerprint density at radius 1 is 1.16 bits per heavy atom. The van der Waals surface area contributed by atoms with Gasteiger partial charge in [-0.15, -0.1) is 11.8 Å². The van der Waals surface area contributed by atoms with Gasteiger partial charge in [0.2, 0.25) is 5.88 Å². The van der Waals surface area contributed by atoms with E-state index in [-0.39, 0.29) is 21.3 Å². The van der Waals surface area contributed by atoms with Crippen LogP contribution in [0, 0.1) is 0 Å². The van der Waals surface area contributed by atoms with Gasteiger partial charge in [0.25, 0.3) is 0 Å². The molecule has 31 heavy (non-hydrogen) atoms. The van der Waals surface area contributed by atoms with Crippen molar-refractivity contribution < 1.29 is 27.9 Å². The zero-order valence-corrected chi connectivity index (χ0v) is 21.5. The largest absolute Gasteiger partial charge is 0.480 e. The van der Waals surface area contributed by atoms with Crippen molar-refractivity contribution in [3.05, 3.63) is 17.5 Å². The number of ether oxygens (including phenoxy) is 3. The highest BCUT2D eigenvalue weighted by Crippen LogP contribution is 2.58. The highest BCUT2D eigenvalue weighted by Gasteiger charge is 2.63. The Labute approximate surface area is 189 Å². The molecule has 0 aliphatic carbocycles. The summed E-state index contributed by atoms with van der Waals surface area (Å²) >= 11 is 1.54. The maximum atomic E-state index is 12.0. The predicted octanol–water partition coefficient (Wildman–Crippen LogP) is 4.30. The molecule has 1 saturated heterocycles. The Morgan fingerprint density at radius 3 is 2.32 bits per heavy atom. The molecule has 0 unspecified atom stereocenters. The summed E-state index contributed by atoms with van der Waals surface area (Å²) in [5, 5.41) is -0.431. The van der Waals surface area contributed by atoms with Gasteiger partial charge < -0.3 is 23.1 Å². The zero-order chi connectivity index (χ0) is 23.2. The molecule has 2 atom stereocenters. The Hall–Kier alpha value is -1.62. The molecule has 0 N–H and O–H groups in total. The Balaban J connectivity index is 2.13. The van der Waals surface area contributed by atoms with Crippen LogP contribution < -0.4 is 9.47 Å². The maximum absolute atomic E-state index is 12.0. The van der Waals surface area contributed by atoms with Gasteiger partial charge >= 0.3 is 20.5 Å². The third-order valence-electron chi connectivity index (χ3n) is 5.41. The van der Waals surface area contributed by atoms with Gasteiger partial charge in [0.1, 0.15) is 6.10 Å². The third kappa shape index (κ3) is 4.22. The van der Waals surface area contributed by atoms with Crippen molar-refractivity contribution in [2.24, 2.45) is 0 Å². The Kier molecular flexibility index (Phi) is 6.50. The molecule has 1 fully saturated rings. The molecule has 0 radical (unpaired) electrons. The monoisotopic (exact) mass is 468 g/mol. The first kappa shape index (κ1) is 24.0. The van der Waals surface area contributed by atoms with E-state index in [2.05, 4.69) is 51.5 Å². The van der Waals surface area contributed by atoms with Gasteiger partial charge in [0, 0.05) is 23.2 Å². The molecule has 0 saturated carbocycles. The number of carbonyl (C=O) groups excluding carboxylic acids is 1. The third-order valence-corrected chi connectivity index (χ3v) is 11.9. The molecule has 2 aliphatic heterocycles. The summed E-state index contributed by atoms with van der Waals surface area (Å²) in [5.74, 6) is 0.410. The molecule has 2 aliphatic rings. The van der Waals surface area contributed by atoms with Crippen LogP contribution in [0.3, 0.4) is 0 Å². The minimum Gasteiger partial charge on any atom is -0.480 e. The first-order valence-corrected chi connectivity index (χ1v) is 12.9. The topological polar surface area (TPSA) is 89.0 Å². The number of fused-ring (bicyclic) bond motifs is 1. The number of nitrogens with zero attached hydrogens (tertiary/aromatic N) is 2. The van der Waals surface area contributed by atoms with Gasteiger partial charge in [-0.3, -0.25) is 4.79 Å². The second-order valence-corrected chi connectivity index (χ2v) is 15.7. The Bertz CT molecular complexity index is 879. The van der Waals surface area contributed by atoms with E-state index < -0.39 is 20.6 Å². The fourth-order valence-corrected chi connectivity index (χ4v) is 10.8. The summed E-state index contributed by atoms with van der Waals surface area (Å²) in [7, 11) is 0.267. The average molecular weight is 469 g/mol. The fourth-order valence-electron chi connectivity index (χ4n) is 4.36. The lowest BCUT2D eigenvalue weighted by Gasteiger charge is -2.53. The number of methoxy groups -OCH3 is 2. The number of hydrogen-bond acceptors (Lipinski definition) is 9. The molecule has 172 valence electrons. The summed E-state index contributed by atoms with van der Waals surface area (Å²) < 4.78 is 29.8. The fraction of sp³-hybridized carbons (Fsp3) is 0.667. The second kappa shape index (κ2) is 8.38. The number of thioether (sulfide) groups is 1. The van der Waals surface area contributed by atoms with E-state index in [1.54, 1.807) is 6.20 Å². The minimum atomic E-state index is -2.75. The van der Waals surface area contributed by atoms with Crippen molar-refractivity contribution in [3.8, 4) is 11.9 Å². The van der Waals surface area contributed by atoms with E-state index in [0.29, 0.717) is 23.8 Å². The lowest BCUT2D eigenvalue weighted by atomic mass is 10.1. The van der Waals surface area contributed by atoms with Crippen molar-refractivity contribution in [2.45, 2.75) is 69.9 Å². The molecule has 1 aromatic heterocycles. The van der Waals surface area contributed by atoms with Gasteiger partial charge in [-0.05, 0) is 0 Å². The van der Waals surface area contributed by atoms with E-state index in [1.165, 1.54) is 32.9 Å². The minimum absolute atomic E-state index is 0.0542. The van der Waals surface area contributed by atoms with Crippen molar-refractivity contribution in [1.29, 1.82) is 0 Å². The van der Waals surface area contributed by atoms with Crippen LogP contribution >= 0.6 is 11.8 Å². The summed E-state index contributed by atoms with van der Waals surface area (Å²) in [6.45, 7) is 14.8. The van der Waals surface area contributed by atoms with Crippen molar-refractivity contribution in [3.63, 3.8) is 0 Å². The van der Waals surface area contributed by atoms with Crippen LogP contribution in [0.4, 0.5) is 0 Å². The number of esters is 1. The van der Waals surface area contributed by atoms with Gasteiger partial charge in [0.05, 0.1) is 36.5 Å². The molecule has 0 bridgehead atoms. The molecule has 3 heterocycles. The molecule has 0 aromatic carbocycles.